The Kier molecular flexibility index (Phi) is 5.84. The first-order valence-corrected chi connectivity index (χ1v) is 10.0. The molecular formula is C23H22F3N5O. The lowest BCUT2D eigenvalue weighted by Gasteiger charge is -2.25. The Morgan fingerprint density at radius 1 is 1.12 bits per heavy atom. The molecule has 0 saturated carbocycles. The summed E-state index contributed by atoms with van der Waals surface area (Å²) in [7, 11) is 3.71. The molecule has 2 aromatic carbocycles. The van der Waals surface area contributed by atoms with E-state index in [1.807, 2.05) is 43.3 Å². The van der Waals surface area contributed by atoms with Gasteiger partial charge in [-0.15, -0.1) is 0 Å². The van der Waals surface area contributed by atoms with Gasteiger partial charge in [0.1, 0.15) is 0 Å². The molecule has 1 aliphatic rings. The third-order valence-corrected chi connectivity index (χ3v) is 5.37. The van der Waals surface area contributed by atoms with Crippen molar-refractivity contribution in [2.45, 2.75) is 18.6 Å². The molecule has 32 heavy (non-hydrogen) atoms. The van der Waals surface area contributed by atoms with Gasteiger partial charge in [-0.05, 0) is 37.9 Å². The van der Waals surface area contributed by atoms with Crippen LogP contribution in [0.25, 0.3) is 11.3 Å². The number of likely N-dealkylation sites (N-methyl/N-ethyl adjacent to an activating group) is 1. The minimum absolute atomic E-state index is 0.129. The molecule has 1 unspecified atom stereocenters. The van der Waals surface area contributed by atoms with Crippen LogP contribution in [0.4, 0.5) is 24.8 Å². The van der Waals surface area contributed by atoms with Crippen molar-refractivity contribution in [3.63, 3.8) is 0 Å². The number of para-hydroxylation sites is 1. The van der Waals surface area contributed by atoms with Gasteiger partial charge in [-0.2, -0.15) is 13.2 Å². The fraction of sp³-hybridized carbons (Fsp3) is 0.261. The highest BCUT2D eigenvalue weighted by Gasteiger charge is 2.30. The second-order valence-corrected chi connectivity index (χ2v) is 7.82. The molecule has 2 N–H and O–H groups in total. The number of nitrogens with zero attached hydrogens (tertiary/aromatic N) is 3. The Balaban J connectivity index is 1.57. The number of alkyl halides is 3. The van der Waals surface area contributed by atoms with Gasteiger partial charge in [0.2, 0.25) is 11.9 Å². The summed E-state index contributed by atoms with van der Waals surface area (Å²) < 4.78 is 38.6. The summed E-state index contributed by atoms with van der Waals surface area (Å²) in [6, 6.07) is 12.4. The molecule has 2 heterocycles. The van der Waals surface area contributed by atoms with Crippen LogP contribution in [0.15, 0.2) is 54.7 Å². The number of carbonyl (C=O) groups excluding carboxylic acids is 1. The van der Waals surface area contributed by atoms with E-state index in [4.69, 9.17) is 0 Å². The molecular weight excluding hydrogens is 419 g/mol. The number of rotatable bonds is 5. The van der Waals surface area contributed by atoms with Gasteiger partial charge >= 0.3 is 6.18 Å². The summed E-state index contributed by atoms with van der Waals surface area (Å²) in [6.45, 7) is 0.385. The Bertz CT molecular complexity index is 1130. The second-order valence-electron chi connectivity index (χ2n) is 7.82. The fourth-order valence-electron chi connectivity index (χ4n) is 3.70. The SMILES string of the molecule is CN(C)C(CNc1ncc2c(n1)-c1ccccc1NC(=O)C2)c1ccc(C(F)(F)F)cc1. The Hall–Kier alpha value is -3.46. The van der Waals surface area contributed by atoms with Crippen LogP contribution in [-0.2, 0) is 17.4 Å². The van der Waals surface area contributed by atoms with E-state index in [-0.39, 0.29) is 18.4 Å². The van der Waals surface area contributed by atoms with E-state index >= 15 is 0 Å². The van der Waals surface area contributed by atoms with Gasteiger partial charge in [-0.3, -0.25) is 4.79 Å². The van der Waals surface area contributed by atoms with Crippen molar-refractivity contribution in [3.05, 3.63) is 71.4 Å². The lowest BCUT2D eigenvalue weighted by molar-refractivity contribution is -0.137. The zero-order chi connectivity index (χ0) is 22.9. The van der Waals surface area contributed by atoms with Crippen molar-refractivity contribution in [1.29, 1.82) is 0 Å². The molecule has 6 nitrogen and oxygen atoms in total. The first-order valence-electron chi connectivity index (χ1n) is 10.0. The number of halogens is 3. The third kappa shape index (κ3) is 4.57. The molecule has 1 amide bonds. The summed E-state index contributed by atoms with van der Waals surface area (Å²) >= 11 is 0. The standard InChI is InChI=1S/C23H22F3N5O/c1-31(2)19(14-7-9-16(10-8-14)23(24,25)26)13-28-22-27-12-15-11-20(32)29-18-6-4-3-5-17(18)21(15)30-22/h3-10,12,19H,11,13H2,1-2H3,(H,29,32)(H,27,28,30). The van der Waals surface area contributed by atoms with Crippen LogP contribution in [0, 0.1) is 0 Å². The van der Waals surface area contributed by atoms with Crippen molar-refractivity contribution in [2.24, 2.45) is 0 Å². The van der Waals surface area contributed by atoms with E-state index in [2.05, 4.69) is 20.6 Å². The zero-order valence-corrected chi connectivity index (χ0v) is 17.6. The number of hydrogen-bond donors (Lipinski definition) is 2. The number of fused-ring (bicyclic) bond motifs is 3. The van der Waals surface area contributed by atoms with Crippen LogP contribution < -0.4 is 10.6 Å². The number of anilines is 2. The highest BCUT2D eigenvalue weighted by atomic mass is 19.4. The van der Waals surface area contributed by atoms with Gasteiger partial charge in [-0.1, -0.05) is 30.3 Å². The predicted molar refractivity (Wildman–Crippen MR) is 116 cm³/mol. The average molecular weight is 441 g/mol. The average Bonchev–Trinajstić information content (AvgIpc) is 2.88. The largest absolute Gasteiger partial charge is 0.416 e. The van der Waals surface area contributed by atoms with Gasteiger partial charge in [0, 0.05) is 23.9 Å². The van der Waals surface area contributed by atoms with Crippen LogP contribution in [-0.4, -0.2) is 41.4 Å². The molecule has 1 atom stereocenters. The summed E-state index contributed by atoms with van der Waals surface area (Å²) in [4.78, 5) is 23.1. The summed E-state index contributed by atoms with van der Waals surface area (Å²) in [5.74, 6) is 0.252. The molecule has 4 rings (SSSR count). The van der Waals surface area contributed by atoms with E-state index in [9.17, 15) is 18.0 Å². The molecule has 0 aliphatic carbocycles. The quantitative estimate of drug-likeness (QED) is 0.615. The van der Waals surface area contributed by atoms with Crippen LogP contribution in [0.5, 0.6) is 0 Å². The maximum Gasteiger partial charge on any atom is 0.416 e. The van der Waals surface area contributed by atoms with Crippen molar-refractivity contribution in [2.75, 3.05) is 31.3 Å². The van der Waals surface area contributed by atoms with Crippen molar-refractivity contribution in [3.8, 4) is 11.3 Å². The predicted octanol–water partition coefficient (Wildman–Crippen LogP) is 4.37. The highest BCUT2D eigenvalue weighted by molar-refractivity contribution is 5.99. The number of amides is 1. The first-order chi connectivity index (χ1) is 15.2. The number of benzene rings is 2. The van der Waals surface area contributed by atoms with Crippen LogP contribution in [0.3, 0.4) is 0 Å². The Labute approximate surface area is 183 Å². The lowest BCUT2D eigenvalue weighted by Crippen LogP contribution is -2.27. The maximum atomic E-state index is 12.9. The second kappa shape index (κ2) is 8.58. The zero-order valence-electron chi connectivity index (χ0n) is 17.6. The topological polar surface area (TPSA) is 70.2 Å². The molecule has 1 aliphatic heterocycles. The number of carbonyl (C=O) groups is 1. The molecule has 166 valence electrons. The van der Waals surface area contributed by atoms with E-state index in [0.29, 0.717) is 23.9 Å². The minimum atomic E-state index is -4.37. The van der Waals surface area contributed by atoms with Gasteiger partial charge in [0.05, 0.1) is 29.4 Å². The third-order valence-electron chi connectivity index (χ3n) is 5.37. The maximum absolute atomic E-state index is 12.9. The summed E-state index contributed by atoms with van der Waals surface area (Å²) in [6.07, 6.45) is -2.56. The smallest absolute Gasteiger partial charge is 0.352 e. The van der Waals surface area contributed by atoms with E-state index < -0.39 is 11.7 Å². The van der Waals surface area contributed by atoms with Crippen LogP contribution >= 0.6 is 0 Å². The number of aromatic nitrogens is 2. The molecule has 0 saturated heterocycles. The molecule has 0 bridgehead atoms. The van der Waals surface area contributed by atoms with Crippen molar-refractivity contribution < 1.29 is 18.0 Å². The lowest BCUT2D eigenvalue weighted by atomic mass is 10.0. The molecule has 9 heteroatoms. The fourth-order valence-corrected chi connectivity index (χ4v) is 3.70. The monoisotopic (exact) mass is 441 g/mol. The Morgan fingerprint density at radius 3 is 2.53 bits per heavy atom. The molecule has 1 aromatic heterocycles. The van der Waals surface area contributed by atoms with Gasteiger partial charge in [0.15, 0.2) is 0 Å². The van der Waals surface area contributed by atoms with E-state index in [1.165, 1.54) is 12.1 Å². The molecule has 0 spiro atoms. The highest BCUT2D eigenvalue weighted by Crippen LogP contribution is 2.33. The summed E-state index contributed by atoms with van der Waals surface area (Å²) in [5, 5.41) is 6.07. The van der Waals surface area contributed by atoms with E-state index in [0.717, 1.165) is 28.8 Å². The van der Waals surface area contributed by atoms with Gasteiger partial charge in [0.25, 0.3) is 0 Å². The molecule has 0 radical (unpaired) electrons. The minimum Gasteiger partial charge on any atom is -0.352 e. The van der Waals surface area contributed by atoms with Gasteiger partial charge in [-0.25, -0.2) is 9.97 Å². The van der Waals surface area contributed by atoms with Crippen molar-refractivity contribution in [1.82, 2.24) is 14.9 Å². The van der Waals surface area contributed by atoms with Crippen molar-refractivity contribution >= 4 is 17.5 Å². The van der Waals surface area contributed by atoms with Crippen LogP contribution in [0.2, 0.25) is 0 Å². The number of hydrogen-bond acceptors (Lipinski definition) is 5. The molecule has 0 fully saturated rings. The van der Waals surface area contributed by atoms with Gasteiger partial charge < -0.3 is 15.5 Å². The van der Waals surface area contributed by atoms with E-state index in [1.54, 1.807) is 6.20 Å². The summed E-state index contributed by atoms with van der Waals surface area (Å²) in [5.41, 5.74) is 2.97. The normalized spacial score (nSPS) is 14.2. The van der Waals surface area contributed by atoms with Crippen LogP contribution in [0.1, 0.15) is 22.7 Å². The molecule has 3 aromatic rings. The Morgan fingerprint density at radius 2 is 1.84 bits per heavy atom. The number of nitrogens with one attached hydrogen (secondary N) is 2. The first kappa shape index (κ1) is 21.8.